The lowest BCUT2D eigenvalue weighted by Crippen LogP contribution is -2.55. The number of benzene rings is 3. The summed E-state index contributed by atoms with van der Waals surface area (Å²) in [6.45, 7) is 0.0830. The summed E-state index contributed by atoms with van der Waals surface area (Å²) in [5.41, 5.74) is 1.19. The molecule has 2 N–H and O–H groups in total. The molecule has 1 aliphatic carbocycles. The van der Waals surface area contributed by atoms with E-state index in [2.05, 4.69) is 5.32 Å². The molecule has 2 fully saturated rings. The molecule has 5 rings (SSSR count). The lowest BCUT2D eigenvalue weighted by atomic mass is 9.83. The van der Waals surface area contributed by atoms with E-state index >= 15 is 0 Å². The highest BCUT2D eigenvalue weighted by Crippen LogP contribution is 2.39. The van der Waals surface area contributed by atoms with Gasteiger partial charge in [-0.2, -0.15) is 0 Å². The fourth-order valence-corrected chi connectivity index (χ4v) is 6.26. The largest absolute Gasteiger partial charge is 0.481 e. The van der Waals surface area contributed by atoms with Gasteiger partial charge in [0.15, 0.2) is 6.17 Å². The van der Waals surface area contributed by atoms with Gasteiger partial charge >= 0.3 is 5.97 Å². The van der Waals surface area contributed by atoms with E-state index in [0.717, 1.165) is 49.4 Å². The molecule has 0 bridgehead atoms. The Bertz CT molecular complexity index is 1480. The average Bonchev–Trinajstić information content (AvgIpc) is 3.68. The lowest BCUT2D eigenvalue weighted by molar-refractivity contribution is -0.144. The Kier molecular flexibility index (Phi) is 9.13. The monoisotopic (exact) mass is 589 g/mol. The van der Waals surface area contributed by atoms with Crippen LogP contribution in [0.3, 0.4) is 0 Å². The second-order valence-corrected chi connectivity index (χ2v) is 11.1. The van der Waals surface area contributed by atoms with E-state index in [1.54, 1.807) is 0 Å². The summed E-state index contributed by atoms with van der Waals surface area (Å²) >= 11 is 0. The van der Waals surface area contributed by atoms with Crippen LogP contribution in [0.5, 0.6) is 0 Å². The number of rotatable bonds is 9. The molecule has 2 aliphatic rings. The van der Waals surface area contributed by atoms with Crippen molar-refractivity contribution in [2.24, 2.45) is 5.92 Å². The summed E-state index contributed by atoms with van der Waals surface area (Å²) in [6, 6.07) is 18.5. The molecule has 3 aromatic rings. The maximum atomic E-state index is 14.4. The van der Waals surface area contributed by atoms with Crippen molar-refractivity contribution in [3.63, 3.8) is 0 Å². The van der Waals surface area contributed by atoms with Crippen LogP contribution in [0.25, 0.3) is 0 Å². The topological polar surface area (TPSA) is 107 Å². The Labute approximate surface area is 248 Å². The van der Waals surface area contributed by atoms with Gasteiger partial charge in [-0.25, -0.2) is 8.78 Å². The first-order valence-corrected chi connectivity index (χ1v) is 14.4. The molecule has 0 spiro atoms. The number of aliphatic carboxylic acids is 1. The Hall–Kier alpha value is -4.60. The molecular weight excluding hydrogens is 556 g/mol. The van der Waals surface area contributed by atoms with Crippen molar-refractivity contribution in [1.29, 1.82) is 0 Å². The quantitative estimate of drug-likeness (QED) is 0.370. The van der Waals surface area contributed by atoms with E-state index in [9.17, 15) is 33.1 Å². The molecule has 1 saturated heterocycles. The maximum absolute atomic E-state index is 14.4. The van der Waals surface area contributed by atoms with Gasteiger partial charge in [-0.3, -0.25) is 19.2 Å². The first kappa shape index (κ1) is 29.9. The summed E-state index contributed by atoms with van der Waals surface area (Å²) in [6.07, 6.45) is 1.77. The van der Waals surface area contributed by atoms with Crippen molar-refractivity contribution in [1.82, 2.24) is 15.1 Å². The first-order valence-electron chi connectivity index (χ1n) is 14.4. The third-order valence-electron chi connectivity index (χ3n) is 8.29. The van der Waals surface area contributed by atoms with Gasteiger partial charge in [0.05, 0.1) is 18.4 Å². The second kappa shape index (κ2) is 13.1. The standard InChI is InChI=1S/C33H33F2N3O5/c34-25-15-13-21(14-16-25)27(20-28(39)40)36-30(41)31-37(32(42)24-11-6-12-26(35)19-24)17-18-38(31)33(43)29(23-9-4-5-10-23)22-7-2-1-3-8-22/h1-3,6-8,11-16,19,23,27,29,31H,4-5,9-10,17-18,20H2,(H,36,41)(H,39,40). The summed E-state index contributed by atoms with van der Waals surface area (Å²) in [4.78, 5) is 56.4. The van der Waals surface area contributed by atoms with Gasteiger partial charge in [-0.05, 0) is 60.2 Å². The van der Waals surface area contributed by atoms with Crippen LogP contribution in [0.15, 0.2) is 78.9 Å². The van der Waals surface area contributed by atoms with Crippen LogP contribution in [0.1, 0.15) is 65.5 Å². The Morgan fingerprint density at radius 1 is 0.814 bits per heavy atom. The minimum atomic E-state index is -1.41. The van der Waals surface area contributed by atoms with Crippen molar-refractivity contribution in [3.8, 4) is 0 Å². The number of carboxylic acid groups (broad SMARTS) is 1. The van der Waals surface area contributed by atoms with Crippen molar-refractivity contribution < 1.29 is 33.1 Å². The molecule has 0 aromatic heterocycles. The number of nitrogens with zero attached hydrogens (tertiary/aromatic N) is 2. The molecule has 8 nitrogen and oxygen atoms in total. The number of nitrogens with one attached hydrogen (secondary N) is 1. The predicted octanol–water partition coefficient (Wildman–Crippen LogP) is 4.88. The molecule has 43 heavy (non-hydrogen) atoms. The molecule has 3 aromatic carbocycles. The molecule has 1 aliphatic heterocycles. The van der Waals surface area contributed by atoms with Crippen LogP contribution in [0.2, 0.25) is 0 Å². The second-order valence-electron chi connectivity index (χ2n) is 11.1. The number of amides is 3. The number of hydrogen-bond donors (Lipinski definition) is 2. The van der Waals surface area contributed by atoms with Crippen molar-refractivity contribution in [2.45, 2.75) is 50.2 Å². The number of carbonyl (C=O) groups is 4. The van der Waals surface area contributed by atoms with Crippen LogP contribution < -0.4 is 5.32 Å². The van der Waals surface area contributed by atoms with E-state index in [1.165, 1.54) is 40.1 Å². The van der Waals surface area contributed by atoms with Crippen LogP contribution >= 0.6 is 0 Å². The molecule has 1 heterocycles. The van der Waals surface area contributed by atoms with Gasteiger partial charge < -0.3 is 20.2 Å². The van der Waals surface area contributed by atoms with Gasteiger partial charge in [0.1, 0.15) is 11.6 Å². The summed E-state index contributed by atoms with van der Waals surface area (Å²) in [5.74, 6) is -4.52. The molecule has 1 saturated carbocycles. The van der Waals surface area contributed by atoms with Crippen molar-refractivity contribution >= 4 is 23.7 Å². The number of carboxylic acids is 1. The third kappa shape index (κ3) is 6.74. The zero-order valence-corrected chi connectivity index (χ0v) is 23.5. The Morgan fingerprint density at radius 3 is 2.14 bits per heavy atom. The number of carbonyl (C=O) groups excluding carboxylic acids is 3. The van der Waals surface area contributed by atoms with Gasteiger partial charge in [0, 0.05) is 18.7 Å². The molecule has 3 atom stereocenters. The third-order valence-corrected chi connectivity index (χ3v) is 8.29. The summed E-state index contributed by atoms with van der Waals surface area (Å²) in [7, 11) is 0. The van der Waals surface area contributed by atoms with Gasteiger partial charge in [-0.1, -0.05) is 61.4 Å². The minimum absolute atomic E-state index is 0.0168. The maximum Gasteiger partial charge on any atom is 0.305 e. The van der Waals surface area contributed by atoms with E-state index < -0.39 is 54.0 Å². The molecule has 224 valence electrons. The summed E-state index contributed by atoms with van der Waals surface area (Å²) in [5, 5.41) is 12.3. The highest BCUT2D eigenvalue weighted by molar-refractivity contribution is 6.00. The molecule has 3 unspecified atom stereocenters. The first-order chi connectivity index (χ1) is 20.7. The van der Waals surface area contributed by atoms with Gasteiger partial charge in [0.2, 0.25) is 5.91 Å². The average molecular weight is 590 g/mol. The lowest BCUT2D eigenvalue weighted by Gasteiger charge is -2.34. The fraction of sp³-hybridized carbons (Fsp3) is 0.333. The van der Waals surface area contributed by atoms with E-state index in [0.29, 0.717) is 5.56 Å². The zero-order valence-electron chi connectivity index (χ0n) is 23.5. The van der Waals surface area contributed by atoms with Crippen LogP contribution in [-0.4, -0.2) is 57.9 Å². The van der Waals surface area contributed by atoms with Crippen molar-refractivity contribution in [3.05, 3.63) is 107 Å². The predicted molar refractivity (Wildman–Crippen MR) is 154 cm³/mol. The van der Waals surface area contributed by atoms with Crippen molar-refractivity contribution in [2.75, 3.05) is 13.1 Å². The van der Waals surface area contributed by atoms with Gasteiger partial charge in [-0.15, -0.1) is 0 Å². The van der Waals surface area contributed by atoms with E-state index in [4.69, 9.17) is 0 Å². The molecule has 10 heteroatoms. The van der Waals surface area contributed by atoms with E-state index in [-0.39, 0.29) is 30.5 Å². The van der Waals surface area contributed by atoms with Crippen LogP contribution in [0.4, 0.5) is 8.78 Å². The number of hydrogen-bond acceptors (Lipinski definition) is 4. The zero-order chi connectivity index (χ0) is 30.5. The summed E-state index contributed by atoms with van der Waals surface area (Å²) < 4.78 is 27.7. The molecule has 0 radical (unpaired) electrons. The SMILES string of the molecule is O=C(O)CC(NC(=O)C1N(C(=O)c2cccc(F)c2)CCN1C(=O)C(c1ccccc1)C1CCCC1)c1ccc(F)cc1. The van der Waals surface area contributed by atoms with Crippen LogP contribution in [0, 0.1) is 17.6 Å². The Morgan fingerprint density at radius 2 is 1.49 bits per heavy atom. The smallest absolute Gasteiger partial charge is 0.305 e. The number of halogens is 2. The molecular formula is C33H33F2N3O5. The highest BCUT2D eigenvalue weighted by Gasteiger charge is 2.47. The van der Waals surface area contributed by atoms with E-state index in [1.807, 2.05) is 30.3 Å². The van der Waals surface area contributed by atoms with Gasteiger partial charge in [0.25, 0.3) is 11.8 Å². The highest BCUT2D eigenvalue weighted by atomic mass is 19.1. The minimum Gasteiger partial charge on any atom is -0.481 e. The normalized spacial score (nSPS) is 18.3. The fourth-order valence-electron chi connectivity index (χ4n) is 6.26. The Balaban J connectivity index is 1.51. The molecule has 3 amide bonds. The van der Waals surface area contributed by atoms with Crippen LogP contribution in [-0.2, 0) is 14.4 Å².